The van der Waals surface area contributed by atoms with Crippen molar-refractivity contribution in [2.45, 2.75) is 0 Å². The molecule has 0 fully saturated rings. The number of aromatic nitrogens is 3. The van der Waals surface area contributed by atoms with Crippen molar-refractivity contribution >= 4 is 23.1 Å². The van der Waals surface area contributed by atoms with E-state index in [1.54, 1.807) is 28.5 Å². The predicted octanol–water partition coefficient (Wildman–Crippen LogP) is 2.77. The van der Waals surface area contributed by atoms with Crippen molar-refractivity contribution in [2.24, 2.45) is 0 Å². The predicted molar refractivity (Wildman–Crippen MR) is 95.8 cm³/mol. The first-order chi connectivity index (χ1) is 11.6. The number of nitrogens with zero attached hydrogens (tertiary/aromatic N) is 4. The highest BCUT2D eigenvalue weighted by Gasteiger charge is 2.12. The number of likely N-dealkylation sites (N-methyl/N-ethyl adjacent to an activating group) is 1. The van der Waals surface area contributed by atoms with Crippen LogP contribution in [-0.2, 0) is 4.79 Å². The lowest BCUT2D eigenvalue weighted by Crippen LogP contribution is -2.27. The lowest BCUT2D eigenvalue weighted by Gasteiger charge is -2.11. The van der Waals surface area contributed by atoms with Gasteiger partial charge in [0.2, 0.25) is 5.91 Å². The van der Waals surface area contributed by atoms with Gasteiger partial charge in [0.1, 0.15) is 5.82 Å². The number of hydrogen-bond acceptors (Lipinski definition) is 6. The van der Waals surface area contributed by atoms with Gasteiger partial charge in [0.25, 0.3) is 0 Å². The Bertz CT molecular complexity index is 818. The van der Waals surface area contributed by atoms with Gasteiger partial charge in [-0.3, -0.25) is 9.78 Å². The number of nitrogens with one attached hydrogen (secondary N) is 1. The summed E-state index contributed by atoms with van der Waals surface area (Å²) in [6.07, 6.45) is 1.71. The maximum Gasteiger partial charge on any atom is 0.239 e. The highest BCUT2D eigenvalue weighted by atomic mass is 32.1. The second-order valence-corrected chi connectivity index (χ2v) is 6.39. The van der Waals surface area contributed by atoms with Gasteiger partial charge in [-0.2, -0.15) is 0 Å². The van der Waals surface area contributed by atoms with Crippen LogP contribution in [0, 0.1) is 0 Å². The van der Waals surface area contributed by atoms with Crippen LogP contribution in [0.1, 0.15) is 0 Å². The van der Waals surface area contributed by atoms with E-state index in [4.69, 9.17) is 0 Å². The molecular formula is C17H17N5OS. The van der Waals surface area contributed by atoms with E-state index in [0.29, 0.717) is 17.3 Å². The molecule has 0 atom stereocenters. The lowest BCUT2D eigenvalue weighted by atomic mass is 10.2. The number of carbonyl (C=O) groups excluding carboxylic acids is 1. The topological polar surface area (TPSA) is 71.0 Å². The van der Waals surface area contributed by atoms with Crippen LogP contribution < -0.4 is 5.32 Å². The van der Waals surface area contributed by atoms with Crippen LogP contribution in [-0.4, -0.2) is 46.4 Å². The minimum atomic E-state index is -0.122. The van der Waals surface area contributed by atoms with E-state index in [1.807, 2.05) is 49.8 Å². The Morgan fingerprint density at radius 1 is 1.17 bits per heavy atom. The summed E-state index contributed by atoms with van der Waals surface area (Å²) in [5.74, 6) is 0.928. The number of amides is 1. The summed E-state index contributed by atoms with van der Waals surface area (Å²) < 4.78 is 0. The summed E-state index contributed by atoms with van der Waals surface area (Å²) in [6, 6.07) is 11.3. The van der Waals surface area contributed by atoms with E-state index in [1.165, 1.54) is 0 Å². The summed E-state index contributed by atoms with van der Waals surface area (Å²) in [6.45, 7) is 0.289. The Hall–Kier alpha value is -2.64. The number of thiophene rings is 1. The number of carbonyl (C=O) groups is 1. The van der Waals surface area contributed by atoms with Crippen molar-refractivity contribution in [3.8, 4) is 22.1 Å². The van der Waals surface area contributed by atoms with Crippen molar-refractivity contribution in [3.63, 3.8) is 0 Å². The van der Waals surface area contributed by atoms with E-state index in [2.05, 4.69) is 20.3 Å². The fourth-order valence-electron chi connectivity index (χ4n) is 2.14. The van der Waals surface area contributed by atoms with E-state index in [-0.39, 0.29) is 12.5 Å². The molecule has 24 heavy (non-hydrogen) atoms. The molecule has 0 saturated heterocycles. The summed E-state index contributed by atoms with van der Waals surface area (Å²) >= 11 is 1.55. The van der Waals surface area contributed by atoms with Crippen LogP contribution in [0.25, 0.3) is 22.1 Å². The zero-order valence-corrected chi connectivity index (χ0v) is 14.2. The molecule has 3 aromatic rings. The first-order valence-electron chi connectivity index (χ1n) is 7.41. The Balaban J connectivity index is 1.99. The molecule has 0 radical (unpaired) electrons. The van der Waals surface area contributed by atoms with Crippen molar-refractivity contribution in [1.29, 1.82) is 0 Å². The Labute approximate surface area is 144 Å². The van der Waals surface area contributed by atoms with Gasteiger partial charge in [0.05, 0.1) is 22.8 Å². The molecule has 6 nitrogen and oxygen atoms in total. The monoisotopic (exact) mass is 339 g/mol. The zero-order chi connectivity index (χ0) is 16.9. The smallest absolute Gasteiger partial charge is 0.239 e. The fourth-order valence-corrected chi connectivity index (χ4v) is 2.80. The van der Waals surface area contributed by atoms with Crippen LogP contribution >= 0.6 is 11.3 Å². The molecular weight excluding hydrogens is 322 g/mol. The van der Waals surface area contributed by atoms with Crippen molar-refractivity contribution in [3.05, 3.63) is 48.0 Å². The Kier molecular flexibility index (Phi) is 4.93. The molecule has 0 bridgehead atoms. The molecule has 1 amide bonds. The van der Waals surface area contributed by atoms with Gasteiger partial charge in [-0.1, -0.05) is 12.1 Å². The molecule has 0 aromatic carbocycles. The van der Waals surface area contributed by atoms with Crippen molar-refractivity contribution in [1.82, 2.24) is 19.9 Å². The Morgan fingerprint density at radius 3 is 2.71 bits per heavy atom. The van der Waals surface area contributed by atoms with Crippen molar-refractivity contribution in [2.75, 3.05) is 26.0 Å². The van der Waals surface area contributed by atoms with Gasteiger partial charge in [0, 0.05) is 12.3 Å². The number of rotatable bonds is 5. The molecule has 0 aliphatic rings. The molecule has 122 valence electrons. The summed E-state index contributed by atoms with van der Waals surface area (Å²) in [7, 11) is 3.69. The van der Waals surface area contributed by atoms with Crippen LogP contribution in [0.4, 0.5) is 5.82 Å². The van der Waals surface area contributed by atoms with Gasteiger partial charge in [-0.25, -0.2) is 9.97 Å². The number of hydrogen-bond donors (Lipinski definition) is 1. The normalized spacial score (nSPS) is 10.8. The molecule has 0 unspecified atom stereocenters. The van der Waals surface area contributed by atoms with Crippen LogP contribution in [0.5, 0.6) is 0 Å². The third kappa shape index (κ3) is 4.01. The van der Waals surface area contributed by atoms with Gasteiger partial charge in [0.15, 0.2) is 5.82 Å². The quantitative estimate of drug-likeness (QED) is 0.774. The second-order valence-electron chi connectivity index (χ2n) is 5.44. The number of anilines is 1. The minimum absolute atomic E-state index is 0.122. The third-order valence-corrected chi connectivity index (χ3v) is 3.99. The fraction of sp³-hybridized carbons (Fsp3) is 0.176. The lowest BCUT2D eigenvalue weighted by molar-refractivity contribution is -0.116. The Morgan fingerprint density at radius 2 is 2.04 bits per heavy atom. The first kappa shape index (κ1) is 16.2. The SMILES string of the molecule is CN(C)CC(=O)Nc1cc(-c2ccccn2)nc(-c2cccs2)n1. The largest absolute Gasteiger partial charge is 0.309 e. The maximum atomic E-state index is 12.0. The maximum absolute atomic E-state index is 12.0. The molecule has 3 heterocycles. The standard InChI is InChI=1S/C17H17N5OS/c1-22(2)11-16(23)20-15-10-13(12-6-3-4-8-18-12)19-17(21-15)14-7-5-9-24-14/h3-10H,11H2,1-2H3,(H,19,20,21,23). The molecule has 0 aliphatic heterocycles. The van der Waals surface area contributed by atoms with Gasteiger partial charge in [-0.15, -0.1) is 11.3 Å². The van der Waals surface area contributed by atoms with E-state index in [9.17, 15) is 4.79 Å². The van der Waals surface area contributed by atoms with Gasteiger partial charge in [-0.05, 0) is 37.7 Å². The van der Waals surface area contributed by atoms with E-state index < -0.39 is 0 Å². The van der Waals surface area contributed by atoms with Crippen molar-refractivity contribution < 1.29 is 4.79 Å². The number of pyridine rings is 1. The average Bonchev–Trinajstić information content (AvgIpc) is 3.09. The minimum Gasteiger partial charge on any atom is -0.309 e. The van der Waals surface area contributed by atoms with Gasteiger partial charge >= 0.3 is 0 Å². The van der Waals surface area contributed by atoms with Crippen LogP contribution in [0.15, 0.2) is 48.0 Å². The molecule has 3 rings (SSSR count). The average molecular weight is 339 g/mol. The molecule has 0 saturated carbocycles. The van der Waals surface area contributed by atoms with Gasteiger partial charge < -0.3 is 10.2 Å². The van der Waals surface area contributed by atoms with E-state index in [0.717, 1.165) is 10.6 Å². The zero-order valence-electron chi connectivity index (χ0n) is 13.4. The third-order valence-electron chi connectivity index (χ3n) is 3.12. The van der Waals surface area contributed by atoms with Crippen LogP contribution in [0.2, 0.25) is 0 Å². The summed E-state index contributed by atoms with van der Waals surface area (Å²) in [4.78, 5) is 28.2. The summed E-state index contributed by atoms with van der Waals surface area (Å²) in [5.41, 5.74) is 1.41. The highest BCUT2D eigenvalue weighted by molar-refractivity contribution is 7.13. The first-order valence-corrected chi connectivity index (χ1v) is 8.29. The second kappa shape index (κ2) is 7.29. The molecule has 1 N–H and O–H groups in total. The molecule has 0 spiro atoms. The summed E-state index contributed by atoms with van der Waals surface area (Å²) in [5, 5.41) is 4.80. The molecule has 3 aromatic heterocycles. The highest BCUT2D eigenvalue weighted by Crippen LogP contribution is 2.26. The molecule has 7 heteroatoms. The van der Waals surface area contributed by atoms with E-state index >= 15 is 0 Å². The van der Waals surface area contributed by atoms with Crippen LogP contribution in [0.3, 0.4) is 0 Å². The molecule has 0 aliphatic carbocycles.